The van der Waals surface area contributed by atoms with E-state index in [0.717, 1.165) is 10.6 Å². The molecule has 0 saturated carbocycles. The molecule has 0 unspecified atom stereocenters. The Morgan fingerprint density at radius 1 is 0.912 bits per heavy atom. The standard InChI is InChI=1S/C25H28N2O6S/c1-19(25(28)26-17-18-32-24-12-8-7-11-23(24)31-2)27(34(3,29)30)20-13-15-22(16-14-20)33-21-9-5-4-6-10-21/h4-16,19H,17-18H2,1-3H3,(H,26,28)/t19-/m0/s1. The van der Waals surface area contributed by atoms with Crippen LogP contribution in [-0.4, -0.2) is 46.9 Å². The van der Waals surface area contributed by atoms with Gasteiger partial charge in [0.15, 0.2) is 11.5 Å². The summed E-state index contributed by atoms with van der Waals surface area (Å²) in [6.45, 7) is 1.93. The summed E-state index contributed by atoms with van der Waals surface area (Å²) < 4.78 is 42.7. The maximum absolute atomic E-state index is 12.7. The zero-order valence-corrected chi connectivity index (χ0v) is 20.1. The number of amides is 1. The Labute approximate surface area is 200 Å². The zero-order valence-electron chi connectivity index (χ0n) is 19.3. The summed E-state index contributed by atoms with van der Waals surface area (Å²) in [5.74, 6) is 1.92. The van der Waals surface area contributed by atoms with E-state index in [1.165, 1.54) is 6.92 Å². The molecular weight excluding hydrogens is 456 g/mol. The lowest BCUT2D eigenvalue weighted by Gasteiger charge is -2.28. The molecule has 0 heterocycles. The number of carbonyl (C=O) groups is 1. The van der Waals surface area contributed by atoms with Crippen molar-refractivity contribution >= 4 is 21.6 Å². The molecule has 1 amide bonds. The summed E-state index contributed by atoms with van der Waals surface area (Å²) in [4.78, 5) is 12.7. The highest BCUT2D eigenvalue weighted by molar-refractivity contribution is 7.92. The molecule has 3 aromatic rings. The first kappa shape index (κ1) is 24.9. The van der Waals surface area contributed by atoms with Crippen molar-refractivity contribution in [1.29, 1.82) is 0 Å². The van der Waals surface area contributed by atoms with Gasteiger partial charge in [-0.1, -0.05) is 30.3 Å². The van der Waals surface area contributed by atoms with Crippen LogP contribution in [0.4, 0.5) is 5.69 Å². The number of ether oxygens (including phenoxy) is 3. The van der Waals surface area contributed by atoms with Gasteiger partial charge < -0.3 is 19.5 Å². The van der Waals surface area contributed by atoms with Gasteiger partial charge >= 0.3 is 0 Å². The maximum Gasteiger partial charge on any atom is 0.243 e. The Bertz CT molecular complexity index is 1180. The summed E-state index contributed by atoms with van der Waals surface area (Å²) >= 11 is 0. The van der Waals surface area contributed by atoms with Crippen LogP contribution < -0.4 is 23.8 Å². The van der Waals surface area contributed by atoms with Crippen molar-refractivity contribution in [2.75, 3.05) is 30.8 Å². The molecule has 3 aromatic carbocycles. The third-order valence-electron chi connectivity index (χ3n) is 4.89. The minimum Gasteiger partial charge on any atom is -0.493 e. The average Bonchev–Trinajstić information content (AvgIpc) is 2.83. The van der Waals surface area contributed by atoms with E-state index < -0.39 is 22.0 Å². The molecule has 0 bridgehead atoms. The van der Waals surface area contributed by atoms with Crippen LogP contribution in [0, 0.1) is 0 Å². The van der Waals surface area contributed by atoms with E-state index in [1.54, 1.807) is 43.5 Å². The van der Waals surface area contributed by atoms with Gasteiger partial charge in [-0.05, 0) is 55.5 Å². The van der Waals surface area contributed by atoms with Gasteiger partial charge in [-0.25, -0.2) is 8.42 Å². The third kappa shape index (κ3) is 6.64. The minimum absolute atomic E-state index is 0.197. The minimum atomic E-state index is -3.73. The van der Waals surface area contributed by atoms with Crippen molar-refractivity contribution in [3.05, 3.63) is 78.9 Å². The molecule has 1 N–H and O–H groups in total. The van der Waals surface area contributed by atoms with Crippen molar-refractivity contribution < 1.29 is 27.4 Å². The molecule has 0 fully saturated rings. The number of rotatable bonds is 11. The lowest BCUT2D eigenvalue weighted by molar-refractivity contribution is -0.121. The second kappa shape index (κ2) is 11.4. The highest BCUT2D eigenvalue weighted by Crippen LogP contribution is 2.27. The molecule has 1 atom stereocenters. The Kier molecular flexibility index (Phi) is 8.37. The Morgan fingerprint density at radius 3 is 2.12 bits per heavy atom. The molecule has 8 nitrogen and oxygen atoms in total. The lowest BCUT2D eigenvalue weighted by atomic mass is 10.2. The second-order valence-corrected chi connectivity index (χ2v) is 9.29. The number of para-hydroxylation sites is 3. The van der Waals surface area contributed by atoms with E-state index >= 15 is 0 Å². The average molecular weight is 485 g/mol. The molecule has 3 rings (SSSR count). The lowest BCUT2D eigenvalue weighted by Crippen LogP contribution is -2.48. The summed E-state index contributed by atoms with van der Waals surface area (Å²) in [7, 11) is -2.19. The first-order valence-electron chi connectivity index (χ1n) is 10.7. The number of methoxy groups -OCH3 is 1. The number of anilines is 1. The SMILES string of the molecule is COc1ccccc1OCCNC(=O)[C@H](C)N(c1ccc(Oc2ccccc2)cc1)S(C)(=O)=O. The number of hydrogen-bond donors (Lipinski definition) is 1. The van der Waals surface area contributed by atoms with Crippen LogP contribution in [0.2, 0.25) is 0 Å². The number of nitrogens with one attached hydrogen (secondary N) is 1. The van der Waals surface area contributed by atoms with E-state index in [-0.39, 0.29) is 13.2 Å². The molecule has 0 spiro atoms. The molecule has 9 heteroatoms. The second-order valence-electron chi connectivity index (χ2n) is 7.43. The molecule has 0 aliphatic rings. The van der Waals surface area contributed by atoms with Gasteiger partial charge in [-0.2, -0.15) is 0 Å². The largest absolute Gasteiger partial charge is 0.493 e. The number of hydrogen-bond acceptors (Lipinski definition) is 6. The molecule has 0 aromatic heterocycles. The van der Waals surface area contributed by atoms with Crippen LogP contribution in [0.3, 0.4) is 0 Å². The van der Waals surface area contributed by atoms with E-state index in [4.69, 9.17) is 14.2 Å². The topological polar surface area (TPSA) is 94.2 Å². The van der Waals surface area contributed by atoms with Crippen molar-refractivity contribution in [2.24, 2.45) is 0 Å². The summed E-state index contributed by atoms with van der Waals surface area (Å²) in [6.07, 6.45) is 1.07. The van der Waals surface area contributed by atoms with Gasteiger partial charge in [-0.3, -0.25) is 9.10 Å². The number of carbonyl (C=O) groups excluding carboxylic acids is 1. The van der Waals surface area contributed by atoms with Crippen LogP contribution in [0.15, 0.2) is 78.9 Å². The normalized spacial score (nSPS) is 11.9. The molecule has 180 valence electrons. The van der Waals surface area contributed by atoms with Crippen molar-refractivity contribution in [3.63, 3.8) is 0 Å². The summed E-state index contributed by atoms with van der Waals surface area (Å²) in [5, 5.41) is 2.72. The van der Waals surface area contributed by atoms with Gasteiger partial charge in [0, 0.05) is 0 Å². The fraction of sp³-hybridized carbons (Fsp3) is 0.240. The molecule has 0 radical (unpaired) electrons. The van der Waals surface area contributed by atoms with Gasteiger partial charge in [-0.15, -0.1) is 0 Å². The fourth-order valence-electron chi connectivity index (χ4n) is 3.32. The first-order valence-corrected chi connectivity index (χ1v) is 12.5. The molecule has 34 heavy (non-hydrogen) atoms. The van der Waals surface area contributed by atoms with E-state index in [0.29, 0.717) is 28.7 Å². The van der Waals surface area contributed by atoms with Crippen molar-refractivity contribution in [3.8, 4) is 23.0 Å². The van der Waals surface area contributed by atoms with Crippen molar-refractivity contribution in [1.82, 2.24) is 5.32 Å². The van der Waals surface area contributed by atoms with Gasteiger partial charge in [0.2, 0.25) is 15.9 Å². The van der Waals surface area contributed by atoms with Crippen LogP contribution in [0.1, 0.15) is 6.92 Å². The van der Waals surface area contributed by atoms with Crippen LogP contribution >= 0.6 is 0 Å². The van der Waals surface area contributed by atoms with E-state index in [9.17, 15) is 13.2 Å². The third-order valence-corrected chi connectivity index (χ3v) is 6.13. The fourth-order valence-corrected chi connectivity index (χ4v) is 4.49. The Hall–Kier alpha value is -3.72. The van der Waals surface area contributed by atoms with Gasteiger partial charge in [0.1, 0.15) is 24.1 Å². The smallest absolute Gasteiger partial charge is 0.243 e. The van der Waals surface area contributed by atoms with Crippen LogP contribution in [0.25, 0.3) is 0 Å². The zero-order chi connectivity index (χ0) is 24.6. The molecule has 0 saturated heterocycles. The van der Waals surface area contributed by atoms with E-state index in [2.05, 4.69) is 5.32 Å². The molecule has 0 aliphatic carbocycles. The Balaban J connectivity index is 1.62. The predicted octanol–water partition coefficient (Wildman–Crippen LogP) is 3.84. The summed E-state index contributed by atoms with van der Waals surface area (Å²) in [6, 6.07) is 22.0. The monoisotopic (exact) mass is 484 g/mol. The highest BCUT2D eigenvalue weighted by atomic mass is 32.2. The van der Waals surface area contributed by atoms with Gasteiger partial charge in [0.25, 0.3) is 0 Å². The number of benzene rings is 3. The van der Waals surface area contributed by atoms with Crippen LogP contribution in [0.5, 0.6) is 23.0 Å². The van der Waals surface area contributed by atoms with Gasteiger partial charge in [0.05, 0.1) is 25.6 Å². The number of sulfonamides is 1. The van der Waals surface area contributed by atoms with Crippen LogP contribution in [-0.2, 0) is 14.8 Å². The van der Waals surface area contributed by atoms with E-state index in [1.807, 2.05) is 42.5 Å². The molecule has 0 aliphatic heterocycles. The highest BCUT2D eigenvalue weighted by Gasteiger charge is 2.29. The van der Waals surface area contributed by atoms with Crippen molar-refractivity contribution in [2.45, 2.75) is 13.0 Å². The first-order chi connectivity index (χ1) is 16.3. The maximum atomic E-state index is 12.7. The quantitative estimate of drug-likeness (QED) is 0.416. The predicted molar refractivity (Wildman–Crippen MR) is 131 cm³/mol. The number of nitrogens with zero attached hydrogens (tertiary/aromatic N) is 1. The summed E-state index contributed by atoms with van der Waals surface area (Å²) in [5.41, 5.74) is 0.357. The Morgan fingerprint density at radius 2 is 1.50 bits per heavy atom. The molecular formula is C25H28N2O6S.